The summed E-state index contributed by atoms with van der Waals surface area (Å²) in [6.45, 7) is 3.48. The highest BCUT2D eigenvalue weighted by atomic mass is 16.5. The number of amides is 1. The van der Waals surface area contributed by atoms with Crippen LogP contribution < -0.4 is 10.1 Å². The van der Waals surface area contributed by atoms with Crippen molar-refractivity contribution in [2.24, 2.45) is 11.3 Å². The molecule has 0 saturated heterocycles. The number of methoxy groups -OCH3 is 1. The van der Waals surface area contributed by atoms with Crippen LogP contribution in [0, 0.1) is 11.3 Å². The smallest absolute Gasteiger partial charge is 0.309 e. The summed E-state index contributed by atoms with van der Waals surface area (Å²) in [6, 6.07) is 8.02. The number of benzene rings is 1. The minimum Gasteiger partial charge on any atom is -0.488 e. The Morgan fingerprint density at radius 2 is 2.00 bits per heavy atom. The number of hydrogen-bond acceptors (Lipinski definition) is 5. The van der Waals surface area contributed by atoms with E-state index in [0.717, 1.165) is 50.7 Å². The van der Waals surface area contributed by atoms with Crippen molar-refractivity contribution >= 4 is 11.9 Å². The van der Waals surface area contributed by atoms with Gasteiger partial charge in [-0.25, -0.2) is 0 Å². The third-order valence-electron chi connectivity index (χ3n) is 6.63. The highest BCUT2D eigenvalue weighted by Gasteiger charge is 2.44. The number of fused-ring (bicyclic) bond motifs is 1. The standard InChI is InChI=1S/C25H37NO5/c1-3-4-14-30-23(27)20(11-15-29-2)17-25(12-7-8-13-25)24(28)26-18-21-16-19-9-5-6-10-22(19)31-21/h5-6,9-10,20-21H,3-4,7-8,11-18H2,1-2H3,(H,26,28). The molecule has 1 heterocycles. The van der Waals surface area contributed by atoms with Crippen molar-refractivity contribution in [3.8, 4) is 5.75 Å². The van der Waals surface area contributed by atoms with Gasteiger partial charge >= 0.3 is 5.97 Å². The van der Waals surface area contributed by atoms with Crippen LogP contribution in [-0.2, 0) is 25.5 Å². The number of esters is 1. The second-order valence-electron chi connectivity index (χ2n) is 8.95. The summed E-state index contributed by atoms with van der Waals surface area (Å²) in [5.74, 6) is 0.451. The minimum atomic E-state index is -0.506. The molecule has 1 aromatic rings. The number of rotatable bonds is 12. The first-order valence-electron chi connectivity index (χ1n) is 11.8. The Morgan fingerprint density at radius 3 is 2.71 bits per heavy atom. The molecule has 31 heavy (non-hydrogen) atoms. The minimum absolute atomic E-state index is 0.0388. The molecule has 2 atom stereocenters. The van der Waals surface area contributed by atoms with Gasteiger partial charge in [0, 0.05) is 25.6 Å². The Labute approximate surface area is 186 Å². The van der Waals surface area contributed by atoms with E-state index in [1.807, 2.05) is 18.2 Å². The zero-order chi connectivity index (χ0) is 22.1. The molecule has 0 radical (unpaired) electrons. The highest BCUT2D eigenvalue weighted by Crippen LogP contribution is 2.44. The Morgan fingerprint density at radius 1 is 1.23 bits per heavy atom. The molecule has 1 aliphatic heterocycles. The molecule has 1 amide bonds. The van der Waals surface area contributed by atoms with E-state index < -0.39 is 5.41 Å². The average Bonchev–Trinajstić information content (AvgIpc) is 3.42. The number of para-hydroxylation sites is 1. The lowest BCUT2D eigenvalue weighted by molar-refractivity contribution is -0.151. The van der Waals surface area contributed by atoms with Gasteiger partial charge in [-0.15, -0.1) is 0 Å². The number of unbranched alkanes of at least 4 members (excludes halogenated alkanes) is 1. The third kappa shape index (κ3) is 6.22. The van der Waals surface area contributed by atoms with Crippen LogP contribution in [0.3, 0.4) is 0 Å². The zero-order valence-electron chi connectivity index (χ0n) is 19.0. The highest BCUT2D eigenvalue weighted by molar-refractivity contribution is 5.84. The van der Waals surface area contributed by atoms with Crippen molar-refractivity contribution in [3.05, 3.63) is 29.8 Å². The maximum Gasteiger partial charge on any atom is 0.309 e. The number of hydrogen-bond donors (Lipinski definition) is 1. The molecule has 1 fully saturated rings. The van der Waals surface area contributed by atoms with E-state index in [-0.39, 0.29) is 23.9 Å². The summed E-state index contributed by atoms with van der Waals surface area (Å²) in [5.41, 5.74) is 0.681. The summed E-state index contributed by atoms with van der Waals surface area (Å²) < 4.78 is 16.7. The summed E-state index contributed by atoms with van der Waals surface area (Å²) >= 11 is 0. The van der Waals surface area contributed by atoms with Crippen LogP contribution in [0.2, 0.25) is 0 Å². The maximum absolute atomic E-state index is 13.3. The van der Waals surface area contributed by atoms with Gasteiger partial charge in [-0.3, -0.25) is 9.59 Å². The first-order valence-corrected chi connectivity index (χ1v) is 11.8. The lowest BCUT2D eigenvalue weighted by Crippen LogP contribution is -2.45. The number of nitrogens with one attached hydrogen (secondary N) is 1. The Hall–Kier alpha value is -2.08. The number of carbonyl (C=O) groups is 2. The van der Waals surface area contributed by atoms with E-state index in [1.54, 1.807) is 7.11 Å². The van der Waals surface area contributed by atoms with E-state index in [0.29, 0.717) is 32.6 Å². The quantitative estimate of drug-likeness (QED) is 0.399. The van der Waals surface area contributed by atoms with Gasteiger partial charge in [0.05, 0.1) is 19.1 Å². The molecule has 1 aliphatic carbocycles. The molecule has 6 heteroatoms. The van der Waals surface area contributed by atoms with Crippen LogP contribution >= 0.6 is 0 Å². The van der Waals surface area contributed by atoms with Gasteiger partial charge < -0.3 is 19.5 Å². The van der Waals surface area contributed by atoms with Gasteiger partial charge in [-0.05, 0) is 43.7 Å². The van der Waals surface area contributed by atoms with Gasteiger partial charge in [0.15, 0.2) is 0 Å². The van der Waals surface area contributed by atoms with Gasteiger partial charge in [0.25, 0.3) is 0 Å². The van der Waals surface area contributed by atoms with E-state index in [4.69, 9.17) is 14.2 Å². The van der Waals surface area contributed by atoms with Crippen LogP contribution in [0.25, 0.3) is 0 Å². The Balaban J connectivity index is 1.59. The molecular weight excluding hydrogens is 394 g/mol. The molecule has 172 valence electrons. The molecule has 1 aromatic carbocycles. The van der Waals surface area contributed by atoms with Crippen LogP contribution in [0.5, 0.6) is 5.75 Å². The predicted molar refractivity (Wildman–Crippen MR) is 119 cm³/mol. The molecule has 0 bridgehead atoms. The third-order valence-corrected chi connectivity index (χ3v) is 6.63. The summed E-state index contributed by atoms with van der Waals surface area (Å²) in [6.07, 6.45) is 7.38. The number of ether oxygens (including phenoxy) is 3. The zero-order valence-corrected chi connectivity index (χ0v) is 19.0. The monoisotopic (exact) mass is 431 g/mol. The SMILES string of the molecule is CCCCOC(=O)C(CCOC)CC1(C(=O)NCC2Cc3ccccc3O2)CCCC1. The average molecular weight is 432 g/mol. The van der Waals surface area contributed by atoms with E-state index in [9.17, 15) is 9.59 Å². The fourth-order valence-corrected chi connectivity index (χ4v) is 4.81. The van der Waals surface area contributed by atoms with Crippen molar-refractivity contribution in [2.45, 2.75) is 70.8 Å². The van der Waals surface area contributed by atoms with Gasteiger partial charge in [-0.1, -0.05) is 44.4 Å². The summed E-state index contributed by atoms with van der Waals surface area (Å²) in [5, 5.41) is 3.15. The molecule has 6 nitrogen and oxygen atoms in total. The topological polar surface area (TPSA) is 73.9 Å². The summed E-state index contributed by atoms with van der Waals surface area (Å²) in [7, 11) is 1.64. The van der Waals surface area contributed by atoms with Crippen molar-refractivity contribution < 1.29 is 23.8 Å². The van der Waals surface area contributed by atoms with Crippen LogP contribution in [0.4, 0.5) is 0 Å². The maximum atomic E-state index is 13.3. The van der Waals surface area contributed by atoms with E-state index in [2.05, 4.69) is 18.3 Å². The van der Waals surface area contributed by atoms with Crippen molar-refractivity contribution in [2.75, 3.05) is 26.9 Å². The fraction of sp³-hybridized carbons (Fsp3) is 0.680. The van der Waals surface area contributed by atoms with Crippen LogP contribution in [0.15, 0.2) is 24.3 Å². The molecule has 1 N–H and O–H groups in total. The molecular formula is C25H37NO5. The molecule has 2 unspecified atom stereocenters. The van der Waals surface area contributed by atoms with E-state index >= 15 is 0 Å². The fourth-order valence-electron chi connectivity index (χ4n) is 4.81. The Kier molecular flexibility index (Phi) is 8.76. The van der Waals surface area contributed by atoms with Crippen molar-refractivity contribution in [1.82, 2.24) is 5.32 Å². The van der Waals surface area contributed by atoms with E-state index in [1.165, 1.54) is 5.56 Å². The van der Waals surface area contributed by atoms with Gasteiger partial charge in [0.2, 0.25) is 5.91 Å². The molecule has 1 saturated carbocycles. The molecule has 3 rings (SSSR count). The predicted octanol–water partition coefficient (Wildman–Crippen LogP) is 4.05. The second kappa shape index (κ2) is 11.5. The van der Waals surface area contributed by atoms with Crippen molar-refractivity contribution in [3.63, 3.8) is 0 Å². The molecule has 0 spiro atoms. The number of carbonyl (C=O) groups excluding carboxylic acids is 2. The van der Waals surface area contributed by atoms with Gasteiger partial charge in [0.1, 0.15) is 11.9 Å². The molecule has 2 aliphatic rings. The second-order valence-corrected chi connectivity index (χ2v) is 8.95. The van der Waals surface area contributed by atoms with Crippen molar-refractivity contribution in [1.29, 1.82) is 0 Å². The first kappa shape index (κ1) is 23.6. The van der Waals surface area contributed by atoms with Crippen LogP contribution in [-0.4, -0.2) is 44.8 Å². The van der Waals surface area contributed by atoms with Crippen LogP contribution in [0.1, 0.15) is 63.9 Å². The normalized spacial score (nSPS) is 20.0. The summed E-state index contributed by atoms with van der Waals surface area (Å²) in [4.78, 5) is 26.1. The Bertz CT molecular complexity index is 703. The lowest BCUT2D eigenvalue weighted by Gasteiger charge is -2.31. The molecule has 0 aromatic heterocycles. The lowest BCUT2D eigenvalue weighted by atomic mass is 9.76. The largest absolute Gasteiger partial charge is 0.488 e. The van der Waals surface area contributed by atoms with Gasteiger partial charge in [-0.2, -0.15) is 0 Å². The first-order chi connectivity index (χ1) is 15.1.